The van der Waals surface area contributed by atoms with Gasteiger partial charge in [-0.3, -0.25) is 4.79 Å². The second-order valence-corrected chi connectivity index (χ2v) is 5.14. The van der Waals surface area contributed by atoms with Crippen molar-refractivity contribution in [3.05, 3.63) is 35.2 Å². The molecular weight excluding hydrogens is 264 g/mol. The van der Waals surface area contributed by atoms with Crippen LogP contribution in [0.3, 0.4) is 0 Å². The van der Waals surface area contributed by atoms with Gasteiger partial charge in [0.1, 0.15) is 0 Å². The van der Waals surface area contributed by atoms with Gasteiger partial charge in [0, 0.05) is 23.5 Å². The van der Waals surface area contributed by atoms with E-state index in [4.69, 9.17) is 16.3 Å². The molecule has 0 amide bonds. The highest BCUT2D eigenvalue weighted by atomic mass is 35.5. The van der Waals surface area contributed by atoms with E-state index in [2.05, 4.69) is 9.97 Å². The number of halogens is 1. The molecule has 5 heteroatoms. The minimum absolute atomic E-state index is 0.105. The molecule has 2 rings (SSSR count). The van der Waals surface area contributed by atoms with Crippen LogP contribution in [0.1, 0.15) is 32.7 Å². The van der Waals surface area contributed by atoms with Crippen molar-refractivity contribution in [2.24, 2.45) is 5.92 Å². The Kier molecular flexibility index (Phi) is 4.00. The van der Waals surface area contributed by atoms with Gasteiger partial charge >= 0.3 is 5.97 Å². The average molecular weight is 279 g/mol. The highest BCUT2D eigenvalue weighted by Crippen LogP contribution is 2.25. The Hall–Kier alpha value is -1.68. The van der Waals surface area contributed by atoms with Gasteiger partial charge in [0.2, 0.25) is 0 Å². The lowest BCUT2D eigenvalue weighted by atomic mass is 10.1. The monoisotopic (exact) mass is 278 g/mol. The van der Waals surface area contributed by atoms with Gasteiger partial charge in [-0.25, -0.2) is 9.97 Å². The first-order valence-corrected chi connectivity index (χ1v) is 6.44. The number of fused-ring (bicyclic) bond motifs is 1. The van der Waals surface area contributed by atoms with Gasteiger partial charge in [0.15, 0.2) is 11.9 Å². The molecule has 0 radical (unpaired) electrons. The Morgan fingerprint density at radius 1 is 1.37 bits per heavy atom. The highest BCUT2D eigenvalue weighted by Gasteiger charge is 2.22. The Bertz CT molecular complexity index is 613. The Labute approximate surface area is 116 Å². The number of carbonyl (C=O) groups is 1. The summed E-state index contributed by atoms with van der Waals surface area (Å²) < 4.78 is 5.28. The van der Waals surface area contributed by atoms with Crippen molar-refractivity contribution in [1.29, 1.82) is 0 Å². The predicted octanol–water partition coefficient (Wildman–Crippen LogP) is 3.54. The molecular formula is C14H15ClN2O2. The van der Waals surface area contributed by atoms with Crippen LogP contribution in [0.2, 0.25) is 5.02 Å². The second kappa shape index (κ2) is 5.53. The van der Waals surface area contributed by atoms with Crippen LogP contribution in [-0.2, 0) is 9.53 Å². The van der Waals surface area contributed by atoms with Crippen LogP contribution in [0.5, 0.6) is 0 Å². The number of carbonyl (C=O) groups excluding carboxylic acids is 1. The van der Waals surface area contributed by atoms with Crippen LogP contribution >= 0.6 is 11.6 Å². The molecule has 2 aromatic rings. The number of rotatable bonds is 3. The van der Waals surface area contributed by atoms with E-state index in [0.29, 0.717) is 10.8 Å². The van der Waals surface area contributed by atoms with Crippen molar-refractivity contribution in [2.75, 3.05) is 0 Å². The van der Waals surface area contributed by atoms with E-state index in [1.54, 1.807) is 18.3 Å². The fourth-order valence-corrected chi connectivity index (χ4v) is 2.00. The molecule has 19 heavy (non-hydrogen) atoms. The number of nitrogens with zero attached hydrogens (tertiary/aromatic N) is 2. The van der Waals surface area contributed by atoms with Crippen LogP contribution in [0.15, 0.2) is 24.4 Å². The maximum atomic E-state index is 11.1. The first-order valence-electron chi connectivity index (χ1n) is 6.07. The summed E-state index contributed by atoms with van der Waals surface area (Å²) in [6, 6.07) is 5.40. The van der Waals surface area contributed by atoms with Gasteiger partial charge in [-0.15, -0.1) is 0 Å². The van der Waals surface area contributed by atoms with Gasteiger partial charge in [-0.05, 0) is 24.1 Å². The molecule has 0 aliphatic heterocycles. The van der Waals surface area contributed by atoms with E-state index in [0.717, 1.165) is 10.9 Å². The first kappa shape index (κ1) is 13.7. The molecule has 0 fully saturated rings. The molecule has 0 unspecified atom stereocenters. The molecule has 0 aliphatic carbocycles. The highest BCUT2D eigenvalue weighted by molar-refractivity contribution is 6.31. The molecule has 1 aromatic heterocycles. The summed E-state index contributed by atoms with van der Waals surface area (Å²) in [4.78, 5) is 19.9. The molecule has 100 valence electrons. The van der Waals surface area contributed by atoms with E-state index in [-0.39, 0.29) is 11.9 Å². The van der Waals surface area contributed by atoms with Crippen molar-refractivity contribution < 1.29 is 9.53 Å². The van der Waals surface area contributed by atoms with Gasteiger partial charge in [-0.2, -0.15) is 0 Å². The quantitative estimate of drug-likeness (QED) is 0.806. The summed E-state index contributed by atoms with van der Waals surface area (Å²) >= 11 is 5.92. The third-order valence-corrected chi connectivity index (χ3v) is 2.95. The summed E-state index contributed by atoms with van der Waals surface area (Å²) in [6.07, 6.45) is 1.26. The van der Waals surface area contributed by atoms with Gasteiger partial charge < -0.3 is 4.74 Å². The van der Waals surface area contributed by atoms with Gasteiger partial charge in [0.25, 0.3) is 0 Å². The largest absolute Gasteiger partial charge is 0.454 e. The minimum Gasteiger partial charge on any atom is -0.454 e. The van der Waals surface area contributed by atoms with E-state index in [9.17, 15) is 4.79 Å². The smallest absolute Gasteiger partial charge is 0.303 e. The average Bonchev–Trinajstić information content (AvgIpc) is 2.35. The molecule has 1 atom stereocenters. The molecule has 4 nitrogen and oxygen atoms in total. The Balaban J connectivity index is 2.43. The number of ether oxygens (including phenoxy) is 1. The summed E-state index contributed by atoms with van der Waals surface area (Å²) in [7, 11) is 0. The van der Waals surface area contributed by atoms with E-state index in [1.807, 2.05) is 19.9 Å². The summed E-state index contributed by atoms with van der Waals surface area (Å²) in [5.74, 6) is 0.284. The summed E-state index contributed by atoms with van der Waals surface area (Å²) in [5, 5.41) is 1.51. The SMILES string of the molecule is CC(=O)O[C@H](c1ncc2cc(Cl)ccc2n1)C(C)C. The third kappa shape index (κ3) is 3.20. The molecule has 1 aromatic carbocycles. The number of hydrogen-bond donors (Lipinski definition) is 0. The predicted molar refractivity (Wildman–Crippen MR) is 73.9 cm³/mol. The Morgan fingerprint density at radius 2 is 2.11 bits per heavy atom. The summed E-state index contributed by atoms with van der Waals surface area (Å²) in [6.45, 7) is 5.31. The lowest BCUT2D eigenvalue weighted by molar-refractivity contribution is -0.149. The zero-order valence-corrected chi connectivity index (χ0v) is 11.8. The molecule has 0 bridgehead atoms. The maximum Gasteiger partial charge on any atom is 0.303 e. The molecule has 0 spiro atoms. The van der Waals surface area contributed by atoms with E-state index >= 15 is 0 Å². The lowest BCUT2D eigenvalue weighted by Crippen LogP contribution is -2.17. The van der Waals surface area contributed by atoms with Crippen molar-refractivity contribution in [2.45, 2.75) is 26.9 Å². The lowest BCUT2D eigenvalue weighted by Gasteiger charge is -2.19. The number of esters is 1. The first-order chi connectivity index (χ1) is 8.97. The minimum atomic E-state index is -0.433. The van der Waals surface area contributed by atoms with Crippen molar-refractivity contribution >= 4 is 28.5 Å². The second-order valence-electron chi connectivity index (χ2n) is 4.71. The fourth-order valence-electron chi connectivity index (χ4n) is 1.82. The van der Waals surface area contributed by atoms with Crippen LogP contribution in [0.4, 0.5) is 0 Å². The summed E-state index contributed by atoms with van der Waals surface area (Å²) in [5.41, 5.74) is 0.784. The van der Waals surface area contributed by atoms with Gasteiger partial charge in [0.05, 0.1) is 5.52 Å². The standard InChI is InChI=1S/C14H15ClN2O2/c1-8(2)13(19-9(3)18)14-16-7-10-6-11(15)4-5-12(10)17-14/h4-8,13H,1-3H3/t13-/m0/s1. The molecule has 0 N–H and O–H groups in total. The molecule has 0 saturated carbocycles. The van der Waals surface area contributed by atoms with E-state index < -0.39 is 6.10 Å². The molecule has 0 aliphatic rings. The van der Waals surface area contributed by atoms with Gasteiger partial charge in [-0.1, -0.05) is 25.4 Å². The number of benzene rings is 1. The topological polar surface area (TPSA) is 52.1 Å². The fraction of sp³-hybridized carbons (Fsp3) is 0.357. The zero-order valence-electron chi connectivity index (χ0n) is 11.1. The van der Waals surface area contributed by atoms with Crippen LogP contribution in [-0.4, -0.2) is 15.9 Å². The number of aromatic nitrogens is 2. The van der Waals surface area contributed by atoms with Crippen molar-refractivity contribution in [1.82, 2.24) is 9.97 Å². The molecule has 1 heterocycles. The van der Waals surface area contributed by atoms with Crippen molar-refractivity contribution in [3.63, 3.8) is 0 Å². The van der Waals surface area contributed by atoms with Crippen LogP contribution in [0.25, 0.3) is 10.9 Å². The molecule has 0 saturated heterocycles. The number of hydrogen-bond acceptors (Lipinski definition) is 4. The maximum absolute atomic E-state index is 11.1. The normalized spacial score (nSPS) is 12.7. The van der Waals surface area contributed by atoms with Crippen molar-refractivity contribution in [3.8, 4) is 0 Å². The van der Waals surface area contributed by atoms with E-state index in [1.165, 1.54) is 6.92 Å². The Morgan fingerprint density at radius 3 is 2.74 bits per heavy atom. The van der Waals surface area contributed by atoms with Crippen LogP contribution in [0, 0.1) is 5.92 Å². The van der Waals surface area contributed by atoms with Crippen LogP contribution < -0.4 is 0 Å². The third-order valence-electron chi connectivity index (χ3n) is 2.71. The zero-order chi connectivity index (χ0) is 14.0.